The summed E-state index contributed by atoms with van der Waals surface area (Å²) in [5, 5.41) is 4.16. The van der Waals surface area contributed by atoms with Gasteiger partial charge in [-0.1, -0.05) is 37.6 Å². The number of hydrogen-bond donors (Lipinski definition) is 1. The molecule has 1 aromatic carbocycles. The predicted octanol–water partition coefficient (Wildman–Crippen LogP) is 3.63. The quantitative estimate of drug-likeness (QED) is 0.880. The van der Waals surface area contributed by atoms with E-state index in [4.69, 9.17) is 16.3 Å². The first kappa shape index (κ1) is 13.9. The van der Waals surface area contributed by atoms with Gasteiger partial charge in [-0.3, -0.25) is 0 Å². The molecule has 0 aliphatic heterocycles. The van der Waals surface area contributed by atoms with E-state index in [1.165, 1.54) is 5.56 Å². The summed E-state index contributed by atoms with van der Waals surface area (Å²) >= 11 is 5.87. The van der Waals surface area contributed by atoms with Gasteiger partial charge in [-0.25, -0.2) is 0 Å². The summed E-state index contributed by atoms with van der Waals surface area (Å²) in [4.78, 5) is 0. The molecule has 1 fully saturated rings. The average molecular weight is 268 g/mol. The molecule has 3 atom stereocenters. The molecule has 1 N–H and O–H groups in total. The van der Waals surface area contributed by atoms with Crippen molar-refractivity contribution in [3.8, 4) is 0 Å². The fourth-order valence-electron chi connectivity index (χ4n) is 2.77. The average Bonchev–Trinajstić information content (AvgIpc) is 2.39. The minimum absolute atomic E-state index is 0.265. The Labute approximate surface area is 115 Å². The number of ether oxygens (including phenoxy) is 1. The minimum atomic E-state index is 0.265. The van der Waals surface area contributed by atoms with E-state index >= 15 is 0 Å². The minimum Gasteiger partial charge on any atom is -0.373 e. The Morgan fingerprint density at radius 2 is 2.06 bits per heavy atom. The first-order chi connectivity index (χ1) is 8.60. The van der Waals surface area contributed by atoms with Crippen LogP contribution in [-0.4, -0.2) is 19.2 Å². The fourth-order valence-corrected chi connectivity index (χ4v) is 2.90. The summed E-state index contributed by atoms with van der Waals surface area (Å²) < 4.78 is 6.06. The van der Waals surface area contributed by atoms with Gasteiger partial charge in [0.1, 0.15) is 0 Å². The van der Waals surface area contributed by atoms with Crippen LogP contribution in [0.1, 0.15) is 32.3 Å². The zero-order valence-electron chi connectivity index (χ0n) is 11.4. The van der Waals surface area contributed by atoms with E-state index in [0.717, 1.165) is 17.9 Å². The maximum Gasteiger partial charge on any atom is 0.0720 e. The van der Waals surface area contributed by atoms with Crippen LogP contribution in [0, 0.1) is 5.41 Å². The van der Waals surface area contributed by atoms with Crippen molar-refractivity contribution < 1.29 is 4.74 Å². The van der Waals surface area contributed by atoms with Crippen molar-refractivity contribution in [3.05, 3.63) is 34.9 Å². The molecule has 2 nitrogen and oxygen atoms in total. The van der Waals surface area contributed by atoms with Crippen LogP contribution in [0.3, 0.4) is 0 Å². The van der Waals surface area contributed by atoms with Crippen molar-refractivity contribution in [3.63, 3.8) is 0 Å². The van der Waals surface area contributed by atoms with Crippen LogP contribution < -0.4 is 5.32 Å². The van der Waals surface area contributed by atoms with E-state index < -0.39 is 0 Å². The van der Waals surface area contributed by atoms with Gasteiger partial charge in [0, 0.05) is 16.5 Å². The van der Waals surface area contributed by atoms with Crippen LogP contribution >= 0.6 is 11.6 Å². The summed E-state index contributed by atoms with van der Waals surface area (Å²) in [6, 6.07) is 8.46. The van der Waals surface area contributed by atoms with Gasteiger partial charge in [0.15, 0.2) is 0 Å². The SMILES string of the molecule is CCC1(C)C(NC)CC1OCc1ccc(Cl)cc1. The van der Waals surface area contributed by atoms with Gasteiger partial charge in [-0.15, -0.1) is 0 Å². The van der Waals surface area contributed by atoms with Crippen molar-refractivity contribution in [1.29, 1.82) is 0 Å². The molecule has 0 bridgehead atoms. The Balaban J connectivity index is 1.90. The molecule has 1 aliphatic rings. The first-order valence-electron chi connectivity index (χ1n) is 6.63. The summed E-state index contributed by atoms with van der Waals surface area (Å²) in [7, 11) is 2.04. The highest BCUT2D eigenvalue weighted by Crippen LogP contribution is 2.45. The number of halogens is 1. The molecule has 0 radical (unpaired) electrons. The molecule has 1 saturated carbocycles. The molecule has 3 heteroatoms. The number of nitrogens with one attached hydrogen (secondary N) is 1. The molecular weight excluding hydrogens is 246 g/mol. The molecule has 0 amide bonds. The third-order valence-corrected chi connectivity index (χ3v) is 4.71. The third-order valence-electron chi connectivity index (χ3n) is 4.46. The second kappa shape index (κ2) is 5.60. The number of hydrogen-bond acceptors (Lipinski definition) is 2. The number of rotatable bonds is 5. The molecule has 0 spiro atoms. The predicted molar refractivity (Wildman–Crippen MR) is 75.9 cm³/mol. The van der Waals surface area contributed by atoms with Crippen molar-refractivity contribution in [2.24, 2.45) is 5.41 Å². The topological polar surface area (TPSA) is 21.3 Å². The van der Waals surface area contributed by atoms with Gasteiger partial charge >= 0.3 is 0 Å². The van der Waals surface area contributed by atoms with E-state index in [-0.39, 0.29) is 5.41 Å². The summed E-state index contributed by atoms with van der Waals surface area (Å²) in [6.45, 7) is 5.22. The van der Waals surface area contributed by atoms with Crippen LogP contribution in [0.25, 0.3) is 0 Å². The lowest BCUT2D eigenvalue weighted by atomic mass is 9.61. The molecular formula is C15H22ClNO. The van der Waals surface area contributed by atoms with E-state index in [2.05, 4.69) is 19.2 Å². The van der Waals surface area contributed by atoms with E-state index in [0.29, 0.717) is 18.8 Å². The Morgan fingerprint density at radius 1 is 1.39 bits per heavy atom. The van der Waals surface area contributed by atoms with E-state index in [1.807, 2.05) is 31.3 Å². The Morgan fingerprint density at radius 3 is 2.61 bits per heavy atom. The number of benzene rings is 1. The van der Waals surface area contributed by atoms with Gasteiger partial charge < -0.3 is 10.1 Å². The lowest BCUT2D eigenvalue weighted by Gasteiger charge is -2.53. The second-order valence-electron chi connectivity index (χ2n) is 5.36. The van der Waals surface area contributed by atoms with Gasteiger partial charge in [0.2, 0.25) is 0 Å². The molecule has 1 aliphatic carbocycles. The summed E-state index contributed by atoms with van der Waals surface area (Å²) in [5.41, 5.74) is 1.45. The molecule has 2 rings (SSSR count). The van der Waals surface area contributed by atoms with Gasteiger partial charge in [0.05, 0.1) is 12.7 Å². The lowest BCUT2D eigenvalue weighted by molar-refractivity contribution is -0.134. The maximum absolute atomic E-state index is 6.06. The Bertz CT molecular complexity index is 392. The van der Waals surface area contributed by atoms with Crippen LogP contribution in [0.15, 0.2) is 24.3 Å². The molecule has 0 saturated heterocycles. The maximum atomic E-state index is 6.06. The summed E-state index contributed by atoms with van der Waals surface area (Å²) in [5.74, 6) is 0. The highest BCUT2D eigenvalue weighted by atomic mass is 35.5. The highest BCUT2D eigenvalue weighted by Gasteiger charge is 2.50. The Hall–Kier alpha value is -0.570. The zero-order chi connectivity index (χ0) is 13.2. The Kier molecular flexibility index (Phi) is 4.31. The van der Waals surface area contributed by atoms with E-state index in [1.54, 1.807) is 0 Å². The van der Waals surface area contributed by atoms with Crippen LogP contribution in [0.2, 0.25) is 5.02 Å². The zero-order valence-corrected chi connectivity index (χ0v) is 12.1. The van der Waals surface area contributed by atoms with Gasteiger partial charge in [-0.2, -0.15) is 0 Å². The highest BCUT2D eigenvalue weighted by molar-refractivity contribution is 6.30. The van der Waals surface area contributed by atoms with E-state index in [9.17, 15) is 0 Å². The largest absolute Gasteiger partial charge is 0.373 e. The van der Waals surface area contributed by atoms with Crippen molar-refractivity contribution in [1.82, 2.24) is 5.32 Å². The van der Waals surface area contributed by atoms with Crippen LogP contribution in [0.5, 0.6) is 0 Å². The lowest BCUT2D eigenvalue weighted by Crippen LogP contribution is -2.61. The second-order valence-corrected chi connectivity index (χ2v) is 5.80. The molecule has 0 heterocycles. The monoisotopic (exact) mass is 267 g/mol. The van der Waals surface area contributed by atoms with Crippen LogP contribution in [-0.2, 0) is 11.3 Å². The van der Waals surface area contributed by atoms with Crippen LogP contribution in [0.4, 0.5) is 0 Å². The molecule has 100 valence electrons. The molecule has 18 heavy (non-hydrogen) atoms. The van der Waals surface area contributed by atoms with Crippen molar-refractivity contribution >= 4 is 11.6 Å². The first-order valence-corrected chi connectivity index (χ1v) is 7.01. The molecule has 0 aromatic heterocycles. The van der Waals surface area contributed by atoms with Crippen molar-refractivity contribution in [2.75, 3.05) is 7.05 Å². The third kappa shape index (κ3) is 2.56. The van der Waals surface area contributed by atoms with Gasteiger partial charge in [0.25, 0.3) is 0 Å². The molecule has 3 unspecified atom stereocenters. The normalized spacial score (nSPS) is 31.1. The fraction of sp³-hybridized carbons (Fsp3) is 0.600. The summed E-state index contributed by atoms with van der Waals surface area (Å²) in [6.07, 6.45) is 2.61. The van der Waals surface area contributed by atoms with Crippen molar-refractivity contribution in [2.45, 2.75) is 45.4 Å². The van der Waals surface area contributed by atoms with Gasteiger partial charge in [-0.05, 0) is 37.6 Å². The smallest absolute Gasteiger partial charge is 0.0720 e. The molecule has 1 aromatic rings. The standard InChI is InChI=1S/C15H22ClNO/c1-4-15(2)13(17-3)9-14(15)18-10-11-5-7-12(16)8-6-11/h5-8,13-14,17H,4,9-10H2,1-3H3.